The Balaban J connectivity index is 2.14. The molecule has 0 atom stereocenters. The van der Waals surface area contributed by atoms with Crippen LogP contribution in [0.4, 0.5) is 5.69 Å². The molecule has 0 aliphatic carbocycles. The largest absolute Gasteiger partial charge is 0.468 e. The minimum Gasteiger partial charge on any atom is -0.468 e. The van der Waals surface area contributed by atoms with E-state index in [9.17, 15) is 14.4 Å². The third-order valence-corrected chi connectivity index (χ3v) is 2.92. The Hall–Kier alpha value is -2.37. The maximum atomic E-state index is 12.1. The molecule has 1 aromatic rings. The predicted octanol–water partition coefficient (Wildman–Crippen LogP) is 0.426. The molecule has 1 aliphatic rings. The number of hydrogen-bond acceptors (Lipinski definition) is 4. The molecule has 6 heteroatoms. The highest BCUT2D eigenvalue weighted by Crippen LogP contribution is 2.24. The number of ether oxygens (including phenoxy) is 1. The van der Waals surface area contributed by atoms with E-state index in [0.717, 1.165) is 11.3 Å². The molecule has 1 heterocycles. The lowest BCUT2D eigenvalue weighted by Gasteiger charge is -2.16. The van der Waals surface area contributed by atoms with E-state index in [0.29, 0.717) is 5.56 Å². The number of benzene rings is 1. The van der Waals surface area contributed by atoms with Crippen LogP contribution in [0.15, 0.2) is 18.2 Å². The standard InChI is InChI=1S/C13H14N2O4/c1-15(7-12(17)19-2)13(18)8-3-4-10-9(5-8)6-11(16)14-10/h3-5H,6-7H2,1-2H3,(H,14,16). The van der Waals surface area contributed by atoms with E-state index in [1.54, 1.807) is 18.2 Å². The summed E-state index contributed by atoms with van der Waals surface area (Å²) in [5.74, 6) is -0.844. The topological polar surface area (TPSA) is 75.7 Å². The number of methoxy groups -OCH3 is 1. The molecule has 1 N–H and O–H groups in total. The van der Waals surface area contributed by atoms with Crippen LogP contribution in [0.2, 0.25) is 0 Å². The summed E-state index contributed by atoms with van der Waals surface area (Å²) in [7, 11) is 2.79. The van der Waals surface area contributed by atoms with Gasteiger partial charge in [-0.25, -0.2) is 0 Å². The Morgan fingerprint density at radius 2 is 2.16 bits per heavy atom. The Morgan fingerprint density at radius 3 is 2.84 bits per heavy atom. The molecule has 1 aliphatic heterocycles. The molecule has 0 bridgehead atoms. The van der Waals surface area contributed by atoms with E-state index in [2.05, 4.69) is 10.1 Å². The van der Waals surface area contributed by atoms with E-state index in [4.69, 9.17) is 0 Å². The number of carbonyl (C=O) groups excluding carboxylic acids is 3. The van der Waals surface area contributed by atoms with Crippen molar-refractivity contribution in [3.05, 3.63) is 29.3 Å². The van der Waals surface area contributed by atoms with Crippen LogP contribution in [0.25, 0.3) is 0 Å². The zero-order valence-electron chi connectivity index (χ0n) is 10.7. The summed E-state index contributed by atoms with van der Waals surface area (Å²) in [6.45, 7) is -0.108. The molecule has 2 rings (SSSR count). The molecule has 0 radical (unpaired) electrons. The Bertz CT molecular complexity index is 554. The summed E-state index contributed by atoms with van der Waals surface area (Å²) in [5.41, 5.74) is 1.97. The van der Waals surface area contributed by atoms with Gasteiger partial charge in [0.1, 0.15) is 6.54 Å². The van der Waals surface area contributed by atoms with Gasteiger partial charge in [0.25, 0.3) is 5.91 Å². The first-order valence-electron chi connectivity index (χ1n) is 5.76. The molecule has 0 aromatic heterocycles. The normalized spacial score (nSPS) is 12.6. The van der Waals surface area contributed by atoms with Gasteiger partial charge in [0.05, 0.1) is 13.5 Å². The molecule has 0 unspecified atom stereocenters. The number of likely N-dealkylation sites (N-methyl/N-ethyl adjacent to an activating group) is 1. The lowest BCUT2D eigenvalue weighted by Crippen LogP contribution is -2.32. The van der Waals surface area contributed by atoms with Crippen molar-refractivity contribution in [2.75, 3.05) is 26.0 Å². The van der Waals surface area contributed by atoms with Crippen molar-refractivity contribution in [3.8, 4) is 0 Å². The molecule has 1 aromatic carbocycles. The smallest absolute Gasteiger partial charge is 0.325 e. The van der Waals surface area contributed by atoms with Crippen LogP contribution in [0.1, 0.15) is 15.9 Å². The quantitative estimate of drug-likeness (QED) is 0.801. The second-order valence-electron chi connectivity index (χ2n) is 4.33. The highest BCUT2D eigenvalue weighted by Gasteiger charge is 2.21. The third-order valence-electron chi connectivity index (χ3n) is 2.92. The first-order chi connectivity index (χ1) is 9.01. The Kier molecular flexibility index (Phi) is 3.50. The van der Waals surface area contributed by atoms with E-state index in [-0.39, 0.29) is 24.8 Å². The van der Waals surface area contributed by atoms with E-state index in [1.807, 2.05) is 0 Å². The van der Waals surface area contributed by atoms with Gasteiger partial charge in [0.15, 0.2) is 0 Å². The number of nitrogens with one attached hydrogen (secondary N) is 1. The van der Waals surface area contributed by atoms with Gasteiger partial charge in [0, 0.05) is 18.3 Å². The fourth-order valence-electron chi connectivity index (χ4n) is 1.91. The van der Waals surface area contributed by atoms with Crippen molar-refractivity contribution in [2.45, 2.75) is 6.42 Å². The number of hydrogen-bond donors (Lipinski definition) is 1. The van der Waals surface area contributed by atoms with Crippen molar-refractivity contribution in [2.24, 2.45) is 0 Å². The van der Waals surface area contributed by atoms with Crippen LogP contribution in [0.5, 0.6) is 0 Å². The number of anilines is 1. The summed E-state index contributed by atoms with van der Waals surface area (Å²) in [4.78, 5) is 35.7. The molecule has 2 amide bonds. The zero-order chi connectivity index (χ0) is 14.0. The molecule has 19 heavy (non-hydrogen) atoms. The molecular weight excluding hydrogens is 248 g/mol. The predicted molar refractivity (Wildman–Crippen MR) is 67.8 cm³/mol. The van der Waals surface area contributed by atoms with Crippen molar-refractivity contribution < 1.29 is 19.1 Å². The number of amides is 2. The Labute approximate surface area is 110 Å². The third kappa shape index (κ3) is 2.73. The highest BCUT2D eigenvalue weighted by molar-refractivity contribution is 6.02. The van der Waals surface area contributed by atoms with Crippen LogP contribution >= 0.6 is 0 Å². The monoisotopic (exact) mass is 262 g/mol. The zero-order valence-corrected chi connectivity index (χ0v) is 10.7. The lowest BCUT2D eigenvalue weighted by molar-refractivity contribution is -0.141. The fraction of sp³-hybridized carbons (Fsp3) is 0.308. The summed E-state index contributed by atoms with van der Waals surface area (Å²) in [6, 6.07) is 4.99. The number of esters is 1. The second-order valence-corrected chi connectivity index (χ2v) is 4.33. The van der Waals surface area contributed by atoms with Gasteiger partial charge >= 0.3 is 5.97 Å². The van der Waals surface area contributed by atoms with Gasteiger partial charge in [-0.1, -0.05) is 0 Å². The molecule has 0 saturated heterocycles. The van der Waals surface area contributed by atoms with Crippen molar-refractivity contribution in [1.29, 1.82) is 0 Å². The minimum atomic E-state index is -0.478. The molecule has 6 nitrogen and oxygen atoms in total. The number of nitrogens with zero attached hydrogens (tertiary/aromatic N) is 1. The van der Waals surface area contributed by atoms with Crippen LogP contribution < -0.4 is 5.32 Å². The maximum Gasteiger partial charge on any atom is 0.325 e. The number of fused-ring (bicyclic) bond motifs is 1. The van der Waals surface area contributed by atoms with E-state index in [1.165, 1.54) is 19.1 Å². The summed E-state index contributed by atoms with van der Waals surface area (Å²) >= 11 is 0. The minimum absolute atomic E-state index is 0.0810. The lowest BCUT2D eigenvalue weighted by atomic mass is 10.1. The second kappa shape index (κ2) is 5.09. The van der Waals surface area contributed by atoms with Crippen LogP contribution in [0, 0.1) is 0 Å². The maximum absolute atomic E-state index is 12.1. The SMILES string of the molecule is COC(=O)CN(C)C(=O)c1ccc2c(c1)CC(=O)N2. The van der Waals surface area contributed by atoms with Crippen LogP contribution in [-0.2, 0) is 20.7 Å². The molecular formula is C13H14N2O4. The summed E-state index contributed by atoms with van der Waals surface area (Å²) in [5, 5.41) is 2.70. The molecule has 0 spiro atoms. The van der Waals surface area contributed by atoms with Crippen molar-refractivity contribution in [1.82, 2.24) is 4.90 Å². The summed E-state index contributed by atoms with van der Waals surface area (Å²) in [6.07, 6.45) is 0.275. The average Bonchev–Trinajstić information content (AvgIpc) is 2.76. The van der Waals surface area contributed by atoms with Gasteiger partial charge in [-0.2, -0.15) is 0 Å². The number of carbonyl (C=O) groups is 3. The van der Waals surface area contributed by atoms with Crippen LogP contribution in [0.3, 0.4) is 0 Å². The molecule has 0 fully saturated rings. The van der Waals surface area contributed by atoms with Gasteiger partial charge < -0.3 is 15.0 Å². The van der Waals surface area contributed by atoms with Crippen molar-refractivity contribution in [3.63, 3.8) is 0 Å². The summed E-state index contributed by atoms with van der Waals surface area (Å²) < 4.78 is 4.51. The van der Waals surface area contributed by atoms with Gasteiger partial charge in [-0.3, -0.25) is 14.4 Å². The van der Waals surface area contributed by atoms with Crippen molar-refractivity contribution >= 4 is 23.5 Å². The molecule has 100 valence electrons. The van der Waals surface area contributed by atoms with Gasteiger partial charge in [0.2, 0.25) is 5.91 Å². The number of rotatable bonds is 3. The van der Waals surface area contributed by atoms with Gasteiger partial charge in [-0.05, 0) is 23.8 Å². The highest BCUT2D eigenvalue weighted by atomic mass is 16.5. The van der Waals surface area contributed by atoms with Crippen LogP contribution in [-0.4, -0.2) is 43.4 Å². The first kappa shape index (κ1) is 13.1. The average molecular weight is 262 g/mol. The van der Waals surface area contributed by atoms with E-state index >= 15 is 0 Å². The molecule has 0 saturated carbocycles. The van der Waals surface area contributed by atoms with E-state index < -0.39 is 5.97 Å². The van der Waals surface area contributed by atoms with Gasteiger partial charge in [-0.15, -0.1) is 0 Å². The Morgan fingerprint density at radius 1 is 1.42 bits per heavy atom. The first-order valence-corrected chi connectivity index (χ1v) is 5.76. The fourth-order valence-corrected chi connectivity index (χ4v) is 1.91.